The van der Waals surface area contributed by atoms with E-state index in [4.69, 9.17) is 16.3 Å². The third-order valence-corrected chi connectivity index (χ3v) is 6.41. The first-order chi connectivity index (χ1) is 17.5. The SMILES string of the molecule is O=C(Nc1cc(C2=CCOC2)cc2c1C(c1cc(F)ccc1Cl)NC2=O)c1cc(F)cc(C(F)(F)F)c1. The summed E-state index contributed by atoms with van der Waals surface area (Å²) in [6.07, 6.45) is -3.09. The van der Waals surface area contributed by atoms with Crippen molar-refractivity contribution in [1.29, 1.82) is 0 Å². The summed E-state index contributed by atoms with van der Waals surface area (Å²) in [4.78, 5) is 26.0. The number of amides is 2. The van der Waals surface area contributed by atoms with E-state index in [2.05, 4.69) is 10.6 Å². The van der Waals surface area contributed by atoms with Crippen LogP contribution in [0.5, 0.6) is 0 Å². The molecule has 2 aliphatic heterocycles. The van der Waals surface area contributed by atoms with Gasteiger partial charge < -0.3 is 15.4 Å². The lowest BCUT2D eigenvalue weighted by molar-refractivity contribution is -0.137. The second-order valence-electron chi connectivity index (χ2n) is 8.48. The van der Waals surface area contributed by atoms with Crippen molar-refractivity contribution in [3.63, 3.8) is 0 Å². The van der Waals surface area contributed by atoms with Gasteiger partial charge in [-0.15, -0.1) is 0 Å². The summed E-state index contributed by atoms with van der Waals surface area (Å²) in [5.74, 6) is -3.42. The van der Waals surface area contributed by atoms with Crippen LogP contribution in [0.4, 0.5) is 27.6 Å². The highest BCUT2D eigenvalue weighted by Gasteiger charge is 2.36. The fourth-order valence-electron chi connectivity index (χ4n) is 4.36. The molecule has 0 saturated heterocycles. The number of anilines is 1. The Kier molecular flexibility index (Phi) is 6.25. The van der Waals surface area contributed by atoms with Crippen molar-refractivity contribution in [2.24, 2.45) is 0 Å². The molecule has 0 spiro atoms. The Morgan fingerprint density at radius 1 is 1.05 bits per heavy atom. The molecule has 0 radical (unpaired) electrons. The van der Waals surface area contributed by atoms with Crippen LogP contribution in [-0.2, 0) is 10.9 Å². The zero-order chi connectivity index (χ0) is 26.5. The summed E-state index contributed by atoms with van der Waals surface area (Å²) in [5, 5.41) is 5.37. The lowest BCUT2D eigenvalue weighted by Gasteiger charge is -2.19. The number of halogens is 6. The molecule has 2 heterocycles. The number of carbonyl (C=O) groups is 2. The molecule has 5 rings (SSSR count). The highest BCUT2D eigenvalue weighted by molar-refractivity contribution is 6.31. The Hall–Kier alpha value is -3.76. The monoisotopic (exact) mass is 534 g/mol. The number of ether oxygens (including phenoxy) is 1. The van der Waals surface area contributed by atoms with E-state index in [1.807, 2.05) is 0 Å². The number of alkyl halides is 3. The molecular formula is C26H16ClF5N2O3. The number of rotatable bonds is 4. The lowest BCUT2D eigenvalue weighted by Crippen LogP contribution is -2.21. The van der Waals surface area contributed by atoms with Gasteiger partial charge in [0.1, 0.15) is 11.6 Å². The summed E-state index contributed by atoms with van der Waals surface area (Å²) >= 11 is 6.28. The van der Waals surface area contributed by atoms with E-state index >= 15 is 0 Å². The normalized spacial score (nSPS) is 16.9. The van der Waals surface area contributed by atoms with Crippen LogP contribution in [-0.4, -0.2) is 25.0 Å². The minimum absolute atomic E-state index is 0.0618. The van der Waals surface area contributed by atoms with Crippen LogP contribution < -0.4 is 10.6 Å². The average Bonchev–Trinajstić information content (AvgIpc) is 3.48. The zero-order valence-electron chi connectivity index (χ0n) is 18.7. The van der Waals surface area contributed by atoms with Gasteiger partial charge in [-0.05, 0) is 59.7 Å². The minimum Gasteiger partial charge on any atom is -0.373 e. The molecule has 37 heavy (non-hydrogen) atoms. The Morgan fingerprint density at radius 2 is 1.84 bits per heavy atom. The predicted molar refractivity (Wildman–Crippen MR) is 125 cm³/mol. The van der Waals surface area contributed by atoms with Crippen molar-refractivity contribution in [2.75, 3.05) is 18.5 Å². The van der Waals surface area contributed by atoms with E-state index < -0.39 is 46.8 Å². The Bertz CT molecular complexity index is 1490. The standard InChI is InChI=1S/C26H16ClF5N2O3/c27-20-2-1-16(28)10-18(20)23-22-19(25(36)34-23)7-13(12-3-4-37-11-12)8-21(22)33-24(35)14-5-15(26(30,31)32)9-17(29)6-14/h1-3,5-10,23H,4,11H2,(H,33,35)(H,34,36). The van der Waals surface area contributed by atoms with Gasteiger partial charge in [0.25, 0.3) is 11.8 Å². The Balaban J connectivity index is 1.63. The molecule has 1 unspecified atom stereocenters. The second kappa shape index (κ2) is 9.28. The van der Waals surface area contributed by atoms with Gasteiger partial charge in [-0.1, -0.05) is 17.7 Å². The fourth-order valence-corrected chi connectivity index (χ4v) is 4.59. The average molecular weight is 535 g/mol. The van der Waals surface area contributed by atoms with Crippen LogP contribution in [0.1, 0.15) is 49.0 Å². The molecule has 190 valence electrons. The minimum atomic E-state index is -4.87. The number of carbonyl (C=O) groups excluding carboxylic acids is 2. The molecule has 0 aliphatic carbocycles. The summed E-state index contributed by atoms with van der Waals surface area (Å²) in [6, 6.07) is 7.22. The van der Waals surface area contributed by atoms with Gasteiger partial charge >= 0.3 is 6.18 Å². The van der Waals surface area contributed by atoms with E-state index in [1.165, 1.54) is 12.1 Å². The molecule has 0 fully saturated rings. The molecule has 2 aliphatic rings. The summed E-state index contributed by atoms with van der Waals surface area (Å²) in [6.45, 7) is 0.580. The maximum Gasteiger partial charge on any atom is 0.416 e. The molecule has 0 aromatic heterocycles. The largest absolute Gasteiger partial charge is 0.416 e. The van der Waals surface area contributed by atoms with Gasteiger partial charge in [0.05, 0.1) is 24.8 Å². The molecule has 5 nitrogen and oxygen atoms in total. The first kappa shape index (κ1) is 24.9. The molecular weight excluding hydrogens is 519 g/mol. The third kappa shape index (κ3) is 4.82. The Morgan fingerprint density at radius 3 is 2.54 bits per heavy atom. The smallest absolute Gasteiger partial charge is 0.373 e. The zero-order valence-corrected chi connectivity index (χ0v) is 19.4. The van der Waals surface area contributed by atoms with Crippen molar-refractivity contribution >= 4 is 34.7 Å². The molecule has 3 aromatic carbocycles. The maximum absolute atomic E-state index is 14.1. The van der Waals surface area contributed by atoms with Crippen molar-refractivity contribution in [1.82, 2.24) is 5.32 Å². The highest BCUT2D eigenvalue weighted by Crippen LogP contribution is 2.41. The summed E-state index contributed by atoms with van der Waals surface area (Å²) in [5.41, 5.74) is 0.0186. The van der Waals surface area contributed by atoms with Crippen molar-refractivity contribution in [3.05, 3.63) is 105 Å². The van der Waals surface area contributed by atoms with E-state index in [-0.39, 0.29) is 40.1 Å². The van der Waals surface area contributed by atoms with Crippen LogP contribution in [0, 0.1) is 11.6 Å². The van der Waals surface area contributed by atoms with Crippen LogP contribution in [0.3, 0.4) is 0 Å². The van der Waals surface area contributed by atoms with E-state index in [9.17, 15) is 31.5 Å². The first-order valence-corrected chi connectivity index (χ1v) is 11.3. The summed E-state index contributed by atoms with van der Waals surface area (Å²) in [7, 11) is 0. The first-order valence-electron chi connectivity index (χ1n) is 10.9. The van der Waals surface area contributed by atoms with Crippen molar-refractivity contribution in [3.8, 4) is 0 Å². The molecule has 1 atom stereocenters. The molecule has 0 bridgehead atoms. The number of hydrogen-bond acceptors (Lipinski definition) is 3. The molecule has 3 aromatic rings. The van der Waals surface area contributed by atoms with Gasteiger partial charge in [0, 0.05) is 33.0 Å². The second-order valence-corrected chi connectivity index (χ2v) is 8.89. The number of benzene rings is 3. The van der Waals surface area contributed by atoms with Gasteiger partial charge in [0.2, 0.25) is 0 Å². The van der Waals surface area contributed by atoms with E-state index in [1.54, 1.807) is 12.1 Å². The number of nitrogens with one attached hydrogen (secondary N) is 2. The van der Waals surface area contributed by atoms with Gasteiger partial charge in [-0.2, -0.15) is 13.2 Å². The van der Waals surface area contributed by atoms with Crippen LogP contribution in [0.15, 0.2) is 54.6 Å². The highest BCUT2D eigenvalue weighted by atomic mass is 35.5. The Labute approximate surface area is 211 Å². The molecule has 0 saturated carbocycles. The van der Waals surface area contributed by atoms with Crippen molar-refractivity contribution < 1.29 is 36.3 Å². The summed E-state index contributed by atoms with van der Waals surface area (Å²) < 4.78 is 72.9. The number of fused-ring (bicyclic) bond motifs is 1. The molecule has 2 amide bonds. The van der Waals surface area contributed by atoms with Gasteiger partial charge in [0.15, 0.2) is 0 Å². The third-order valence-electron chi connectivity index (χ3n) is 6.07. The molecule has 11 heteroatoms. The molecule has 2 N–H and O–H groups in total. The lowest BCUT2D eigenvalue weighted by atomic mass is 9.92. The quantitative estimate of drug-likeness (QED) is 0.395. The van der Waals surface area contributed by atoms with Crippen molar-refractivity contribution in [2.45, 2.75) is 12.2 Å². The fraction of sp³-hybridized carbons (Fsp3) is 0.154. The van der Waals surface area contributed by atoms with Crippen LogP contribution in [0.25, 0.3) is 5.57 Å². The van der Waals surface area contributed by atoms with E-state index in [0.29, 0.717) is 24.3 Å². The van der Waals surface area contributed by atoms with Gasteiger partial charge in [-0.3, -0.25) is 9.59 Å². The van der Waals surface area contributed by atoms with Crippen LogP contribution >= 0.6 is 11.6 Å². The topological polar surface area (TPSA) is 67.4 Å². The van der Waals surface area contributed by atoms with Crippen LogP contribution in [0.2, 0.25) is 5.02 Å². The maximum atomic E-state index is 14.1. The van der Waals surface area contributed by atoms with Gasteiger partial charge in [-0.25, -0.2) is 8.78 Å². The predicted octanol–water partition coefficient (Wildman–Crippen LogP) is 6.14. The van der Waals surface area contributed by atoms with E-state index in [0.717, 1.165) is 17.7 Å². The number of hydrogen-bond donors (Lipinski definition) is 2.